The largest absolute Gasteiger partial charge is 0.419 e. The number of imidazole rings is 1. The minimum Gasteiger partial charge on any atom is -0.313 e. The highest BCUT2D eigenvalue weighted by atomic mass is 19.4. The van der Waals surface area contributed by atoms with Crippen molar-refractivity contribution in [2.45, 2.75) is 24.9 Å². The van der Waals surface area contributed by atoms with Gasteiger partial charge in [0.1, 0.15) is 5.82 Å². The zero-order valence-electron chi connectivity index (χ0n) is 15.8. The van der Waals surface area contributed by atoms with Crippen molar-refractivity contribution in [3.8, 4) is 11.3 Å². The maximum atomic E-state index is 12.8. The summed E-state index contributed by atoms with van der Waals surface area (Å²) in [6.45, 7) is 0. The van der Waals surface area contributed by atoms with E-state index in [1.807, 2.05) is 0 Å². The molecule has 1 saturated carbocycles. The highest BCUT2D eigenvalue weighted by Crippen LogP contribution is 2.42. The van der Waals surface area contributed by atoms with Gasteiger partial charge in [-0.2, -0.15) is 18.3 Å². The lowest BCUT2D eigenvalue weighted by molar-refractivity contribution is -0.140. The Labute approximate surface area is 171 Å². The van der Waals surface area contributed by atoms with E-state index >= 15 is 0 Å². The molecule has 4 aromatic rings. The van der Waals surface area contributed by atoms with E-state index in [0.717, 1.165) is 25.0 Å². The predicted octanol–water partition coefficient (Wildman–Crippen LogP) is 3.49. The molecule has 0 aliphatic heterocycles. The van der Waals surface area contributed by atoms with Crippen LogP contribution in [0.3, 0.4) is 0 Å². The molecule has 0 unspecified atom stereocenters. The summed E-state index contributed by atoms with van der Waals surface area (Å²) >= 11 is 0. The SMILES string of the molecule is Fc1ccc(C2CC2)cc1C(F)(F)F.O=c1[nH]cc(-c2ccc3nccn3n2)c(=O)[nH]1. The van der Waals surface area contributed by atoms with Gasteiger partial charge >= 0.3 is 11.9 Å². The fourth-order valence-electron chi connectivity index (χ4n) is 2.99. The lowest BCUT2D eigenvalue weighted by Crippen LogP contribution is -2.22. The minimum absolute atomic E-state index is 0.205. The van der Waals surface area contributed by atoms with Crippen LogP contribution in [-0.2, 0) is 6.18 Å². The topological polar surface area (TPSA) is 95.9 Å². The fourth-order valence-corrected chi connectivity index (χ4v) is 2.99. The van der Waals surface area contributed by atoms with Crippen LogP contribution in [0.1, 0.15) is 29.9 Å². The summed E-state index contributed by atoms with van der Waals surface area (Å²) in [6, 6.07) is 6.67. The Kier molecular flexibility index (Phi) is 5.17. The van der Waals surface area contributed by atoms with Crippen LogP contribution >= 0.6 is 0 Å². The number of aromatic nitrogens is 5. The summed E-state index contributed by atoms with van der Waals surface area (Å²) in [7, 11) is 0. The van der Waals surface area contributed by atoms with E-state index in [1.54, 1.807) is 29.0 Å². The highest BCUT2D eigenvalue weighted by Gasteiger charge is 2.35. The molecule has 0 atom stereocenters. The third-order valence-electron chi connectivity index (χ3n) is 4.69. The summed E-state index contributed by atoms with van der Waals surface area (Å²) in [4.78, 5) is 31.1. The van der Waals surface area contributed by atoms with Crippen molar-refractivity contribution in [2.75, 3.05) is 0 Å². The summed E-state index contributed by atoms with van der Waals surface area (Å²) < 4.78 is 51.2. The van der Waals surface area contributed by atoms with Crippen molar-refractivity contribution in [3.63, 3.8) is 0 Å². The van der Waals surface area contributed by atoms with Crippen LogP contribution in [0.4, 0.5) is 17.6 Å². The second kappa shape index (κ2) is 7.82. The number of aromatic amines is 2. The molecule has 160 valence electrons. The molecule has 0 spiro atoms. The zero-order chi connectivity index (χ0) is 22.2. The van der Waals surface area contributed by atoms with Crippen LogP contribution in [0.15, 0.2) is 58.5 Å². The van der Waals surface area contributed by atoms with Crippen LogP contribution in [0, 0.1) is 5.82 Å². The Morgan fingerprint density at radius 3 is 2.55 bits per heavy atom. The third kappa shape index (κ3) is 4.55. The summed E-state index contributed by atoms with van der Waals surface area (Å²) in [5.74, 6) is -0.987. The van der Waals surface area contributed by atoms with Gasteiger partial charge in [-0.05, 0) is 48.6 Å². The van der Waals surface area contributed by atoms with Crippen molar-refractivity contribution in [2.24, 2.45) is 0 Å². The van der Waals surface area contributed by atoms with Gasteiger partial charge in [-0.15, -0.1) is 0 Å². The zero-order valence-corrected chi connectivity index (χ0v) is 15.8. The standard InChI is InChI=1S/C10H8F4.C10H7N5O2/c11-9-4-3-7(6-1-2-6)5-8(9)10(12,13)14;16-9-6(5-12-10(17)13-9)7-1-2-8-11-3-4-15(8)14-7/h3-6H,1-2H2;1-5H,(H2,12,13,16,17). The number of nitrogens with one attached hydrogen (secondary N) is 2. The van der Waals surface area contributed by atoms with E-state index in [1.165, 1.54) is 12.3 Å². The number of hydrogen-bond donors (Lipinski definition) is 2. The van der Waals surface area contributed by atoms with Gasteiger partial charge in [0.05, 0.1) is 16.8 Å². The number of nitrogens with zero attached hydrogens (tertiary/aromatic N) is 3. The molecule has 1 fully saturated rings. The molecule has 2 N–H and O–H groups in total. The average molecular weight is 433 g/mol. The molecular formula is C20H15F4N5O2. The molecule has 1 aliphatic rings. The maximum Gasteiger partial charge on any atom is 0.419 e. The monoisotopic (exact) mass is 433 g/mol. The molecular weight excluding hydrogens is 418 g/mol. The number of fused-ring (bicyclic) bond motifs is 1. The van der Waals surface area contributed by atoms with Crippen LogP contribution < -0.4 is 11.2 Å². The first kappa shape index (κ1) is 20.5. The van der Waals surface area contributed by atoms with Crippen molar-refractivity contribution >= 4 is 5.65 Å². The molecule has 31 heavy (non-hydrogen) atoms. The molecule has 1 aliphatic carbocycles. The van der Waals surface area contributed by atoms with Gasteiger partial charge in [-0.25, -0.2) is 18.7 Å². The lowest BCUT2D eigenvalue weighted by atomic mass is 10.1. The smallest absolute Gasteiger partial charge is 0.313 e. The second-order valence-electron chi connectivity index (χ2n) is 6.95. The Morgan fingerprint density at radius 2 is 1.87 bits per heavy atom. The van der Waals surface area contributed by atoms with Crippen molar-refractivity contribution < 1.29 is 17.6 Å². The summed E-state index contributed by atoms with van der Waals surface area (Å²) in [5, 5.41) is 4.21. The fraction of sp³-hybridized carbons (Fsp3) is 0.200. The molecule has 5 rings (SSSR count). The molecule has 3 aromatic heterocycles. The van der Waals surface area contributed by atoms with Crippen molar-refractivity contribution in [1.82, 2.24) is 24.6 Å². The Morgan fingerprint density at radius 1 is 1.10 bits per heavy atom. The molecule has 0 amide bonds. The van der Waals surface area contributed by atoms with Gasteiger partial charge in [-0.1, -0.05) is 6.07 Å². The van der Waals surface area contributed by atoms with Crippen LogP contribution in [0.2, 0.25) is 0 Å². The number of benzene rings is 1. The van der Waals surface area contributed by atoms with Gasteiger partial charge < -0.3 is 4.98 Å². The van der Waals surface area contributed by atoms with Gasteiger partial charge in [0, 0.05) is 18.6 Å². The van der Waals surface area contributed by atoms with Gasteiger partial charge in [0.2, 0.25) is 0 Å². The number of hydrogen-bond acceptors (Lipinski definition) is 4. The molecule has 3 heterocycles. The lowest BCUT2D eigenvalue weighted by Gasteiger charge is -2.09. The van der Waals surface area contributed by atoms with E-state index in [2.05, 4.69) is 20.1 Å². The first-order valence-electron chi connectivity index (χ1n) is 9.22. The number of halogens is 4. The van der Waals surface area contributed by atoms with E-state index < -0.39 is 28.8 Å². The van der Waals surface area contributed by atoms with Gasteiger partial charge in [-0.3, -0.25) is 9.78 Å². The Balaban J connectivity index is 0.000000152. The second-order valence-corrected chi connectivity index (χ2v) is 6.95. The normalized spacial score (nSPS) is 13.7. The third-order valence-corrected chi connectivity index (χ3v) is 4.69. The van der Waals surface area contributed by atoms with Gasteiger partial charge in [0.15, 0.2) is 5.65 Å². The number of rotatable bonds is 2. The van der Waals surface area contributed by atoms with Crippen LogP contribution in [0.25, 0.3) is 16.9 Å². The van der Waals surface area contributed by atoms with Crippen LogP contribution in [0.5, 0.6) is 0 Å². The molecule has 11 heteroatoms. The van der Waals surface area contributed by atoms with Crippen LogP contribution in [-0.4, -0.2) is 24.6 Å². The number of alkyl halides is 3. The molecule has 1 aromatic carbocycles. The molecule has 0 bridgehead atoms. The summed E-state index contributed by atoms with van der Waals surface area (Å²) in [5.41, 5.74) is -0.105. The van der Waals surface area contributed by atoms with E-state index in [9.17, 15) is 27.2 Å². The highest BCUT2D eigenvalue weighted by molar-refractivity contribution is 5.57. The maximum absolute atomic E-state index is 12.8. The first-order chi connectivity index (χ1) is 14.7. The van der Waals surface area contributed by atoms with Crippen molar-refractivity contribution in [3.05, 3.63) is 86.7 Å². The predicted molar refractivity (Wildman–Crippen MR) is 103 cm³/mol. The molecule has 0 radical (unpaired) electrons. The van der Waals surface area contributed by atoms with E-state index in [4.69, 9.17) is 0 Å². The first-order valence-corrected chi connectivity index (χ1v) is 9.22. The quantitative estimate of drug-likeness (QED) is 0.473. The van der Waals surface area contributed by atoms with Gasteiger partial charge in [0.25, 0.3) is 5.56 Å². The molecule has 7 nitrogen and oxygen atoms in total. The average Bonchev–Trinajstić information content (AvgIpc) is 3.45. The summed E-state index contributed by atoms with van der Waals surface area (Å²) in [6.07, 6.45) is 1.86. The Hall–Kier alpha value is -3.76. The van der Waals surface area contributed by atoms with Crippen molar-refractivity contribution in [1.29, 1.82) is 0 Å². The van der Waals surface area contributed by atoms with E-state index in [0.29, 0.717) is 22.5 Å². The minimum atomic E-state index is -4.59. The van der Waals surface area contributed by atoms with E-state index in [-0.39, 0.29) is 5.92 Å². The Bertz CT molecular complexity index is 1350. The molecule has 0 saturated heterocycles. The number of H-pyrrole nitrogens is 2.